The van der Waals surface area contributed by atoms with E-state index in [9.17, 15) is 4.79 Å². The number of fused-ring (bicyclic) bond motifs is 1. The minimum Gasteiger partial charge on any atom is -0.337 e. The van der Waals surface area contributed by atoms with Crippen LogP contribution in [0.3, 0.4) is 0 Å². The first kappa shape index (κ1) is 14.3. The third-order valence-electron chi connectivity index (χ3n) is 3.46. The quantitative estimate of drug-likeness (QED) is 0.773. The van der Waals surface area contributed by atoms with Crippen LogP contribution in [-0.2, 0) is 17.8 Å². The molecule has 2 rings (SSSR count). The molecule has 1 aliphatic heterocycles. The molecule has 1 amide bonds. The standard InChI is InChI=1S/C15H22N2OS/c1-4-16(9-12(2)3)11-15(18)17-7-5-14-13(10-17)6-8-19-14/h6,8H,2,4-5,7,9-11H2,1,3H3. The van der Waals surface area contributed by atoms with E-state index < -0.39 is 0 Å². The molecule has 104 valence electrons. The average molecular weight is 278 g/mol. The van der Waals surface area contributed by atoms with Crippen LogP contribution < -0.4 is 0 Å². The fourth-order valence-electron chi connectivity index (χ4n) is 2.41. The number of rotatable bonds is 5. The van der Waals surface area contributed by atoms with E-state index in [0.717, 1.165) is 38.2 Å². The predicted molar refractivity (Wildman–Crippen MR) is 80.4 cm³/mol. The summed E-state index contributed by atoms with van der Waals surface area (Å²) >= 11 is 1.81. The summed E-state index contributed by atoms with van der Waals surface area (Å²) in [7, 11) is 0. The molecular weight excluding hydrogens is 256 g/mol. The van der Waals surface area contributed by atoms with E-state index in [1.165, 1.54) is 10.4 Å². The van der Waals surface area contributed by atoms with Gasteiger partial charge in [-0.1, -0.05) is 19.1 Å². The Labute approximate surface area is 119 Å². The van der Waals surface area contributed by atoms with Crippen LogP contribution in [-0.4, -0.2) is 41.9 Å². The molecule has 0 saturated heterocycles. The van der Waals surface area contributed by atoms with Crippen LogP contribution in [0.2, 0.25) is 0 Å². The molecular formula is C15H22N2OS. The summed E-state index contributed by atoms with van der Waals surface area (Å²) in [5, 5.41) is 2.12. The van der Waals surface area contributed by atoms with Crippen molar-refractivity contribution in [3.63, 3.8) is 0 Å². The largest absolute Gasteiger partial charge is 0.337 e. The lowest BCUT2D eigenvalue weighted by Gasteiger charge is -2.29. The molecule has 0 aromatic carbocycles. The molecule has 0 spiro atoms. The maximum atomic E-state index is 12.3. The fourth-order valence-corrected chi connectivity index (χ4v) is 3.30. The molecule has 0 bridgehead atoms. The zero-order valence-electron chi connectivity index (χ0n) is 11.8. The molecule has 0 saturated carbocycles. The molecule has 1 aromatic heterocycles. The zero-order chi connectivity index (χ0) is 13.8. The summed E-state index contributed by atoms with van der Waals surface area (Å²) in [6, 6.07) is 2.14. The van der Waals surface area contributed by atoms with Crippen molar-refractivity contribution < 1.29 is 4.79 Å². The highest BCUT2D eigenvalue weighted by Crippen LogP contribution is 2.24. The second kappa shape index (κ2) is 6.35. The minimum absolute atomic E-state index is 0.236. The van der Waals surface area contributed by atoms with Gasteiger partial charge in [0.05, 0.1) is 6.54 Å². The van der Waals surface area contributed by atoms with Gasteiger partial charge in [0.1, 0.15) is 0 Å². The smallest absolute Gasteiger partial charge is 0.237 e. The summed E-state index contributed by atoms with van der Waals surface area (Å²) in [5.74, 6) is 0.236. The molecule has 0 N–H and O–H groups in total. The number of carbonyl (C=O) groups excluding carboxylic acids is 1. The van der Waals surface area contributed by atoms with E-state index in [0.29, 0.717) is 6.54 Å². The minimum atomic E-state index is 0.236. The Morgan fingerprint density at radius 2 is 2.32 bits per heavy atom. The van der Waals surface area contributed by atoms with Crippen LogP contribution in [0, 0.1) is 0 Å². The van der Waals surface area contributed by atoms with Gasteiger partial charge in [-0.2, -0.15) is 0 Å². The third-order valence-corrected chi connectivity index (χ3v) is 4.48. The summed E-state index contributed by atoms with van der Waals surface area (Å²) < 4.78 is 0. The van der Waals surface area contributed by atoms with Gasteiger partial charge in [0, 0.05) is 24.5 Å². The second-order valence-corrected chi connectivity index (χ2v) is 6.20. The highest BCUT2D eigenvalue weighted by atomic mass is 32.1. The maximum absolute atomic E-state index is 12.3. The highest BCUT2D eigenvalue weighted by Gasteiger charge is 2.22. The van der Waals surface area contributed by atoms with Crippen LogP contribution >= 0.6 is 11.3 Å². The summed E-state index contributed by atoms with van der Waals surface area (Å²) in [6.07, 6.45) is 1.01. The molecule has 0 aliphatic carbocycles. The number of hydrogen-bond acceptors (Lipinski definition) is 3. The van der Waals surface area contributed by atoms with Gasteiger partial charge < -0.3 is 4.90 Å². The molecule has 1 aliphatic rings. The Balaban J connectivity index is 1.92. The molecule has 2 heterocycles. The van der Waals surface area contributed by atoms with Gasteiger partial charge in [-0.05, 0) is 36.9 Å². The van der Waals surface area contributed by atoms with Crippen LogP contribution in [0.1, 0.15) is 24.3 Å². The molecule has 0 radical (unpaired) electrons. The number of carbonyl (C=O) groups is 1. The second-order valence-electron chi connectivity index (χ2n) is 5.19. The van der Waals surface area contributed by atoms with Crippen LogP contribution in [0.25, 0.3) is 0 Å². The average Bonchev–Trinajstić information content (AvgIpc) is 2.84. The number of hydrogen-bond donors (Lipinski definition) is 0. The Morgan fingerprint density at radius 1 is 1.53 bits per heavy atom. The van der Waals surface area contributed by atoms with Crippen molar-refractivity contribution in [1.29, 1.82) is 0 Å². The third kappa shape index (κ3) is 3.67. The summed E-state index contributed by atoms with van der Waals surface area (Å²) in [4.78, 5) is 17.9. The van der Waals surface area contributed by atoms with Crippen LogP contribution in [0.15, 0.2) is 23.6 Å². The Hall–Kier alpha value is -1.13. The lowest BCUT2D eigenvalue weighted by atomic mass is 10.1. The number of nitrogens with zero attached hydrogens (tertiary/aromatic N) is 2. The molecule has 0 unspecified atom stereocenters. The van der Waals surface area contributed by atoms with Crippen molar-refractivity contribution in [2.45, 2.75) is 26.8 Å². The first-order chi connectivity index (χ1) is 9.10. The first-order valence-electron chi connectivity index (χ1n) is 6.80. The van der Waals surface area contributed by atoms with Crippen molar-refractivity contribution >= 4 is 17.2 Å². The van der Waals surface area contributed by atoms with E-state index >= 15 is 0 Å². The van der Waals surface area contributed by atoms with Crippen LogP contribution in [0.5, 0.6) is 0 Å². The maximum Gasteiger partial charge on any atom is 0.237 e. The molecule has 1 aromatic rings. The van der Waals surface area contributed by atoms with Crippen LogP contribution in [0.4, 0.5) is 0 Å². The lowest BCUT2D eigenvalue weighted by molar-refractivity contribution is -0.133. The van der Waals surface area contributed by atoms with Gasteiger partial charge in [-0.15, -0.1) is 11.3 Å². The Kier molecular flexibility index (Phi) is 4.77. The topological polar surface area (TPSA) is 23.6 Å². The van der Waals surface area contributed by atoms with Crippen molar-refractivity contribution in [3.8, 4) is 0 Å². The van der Waals surface area contributed by atoms with E-state index in [1.54, 1.807) is 11.3 Å². The van der Waals surface area contributed by atoms with E-state index in [1.807, 2.05) is 11.8 Å². The highest BCUT2D eigenvalue weighted by molar-refractivity contribution is 7.10. The normalized spacial score (nSPS) is 14.6. The molecule has 3 nitrogen and oxygen atoms in total. The van der Waals surface area contributed by atoms with Gasteiger partial charge in [-0.3, -0.25) is 9.69 Å². The molecule has 19 heavy (non-hydrogen) atoms. The molecule has 4 heteroatoms. The zero-order valence-corrected chi connectivity index (χ0v) is 12.6. The number of likely N-dealkylation sites (N-methyl/N-ethyl adjacent to an activating group) is 1. The van der Waals surface area contributed by atoms with Gasteiger partial charge in [-0.25, -0.2) is 0 Å². The SMILES string of the molecule is C=C(C)CN(CC)CC(=O)N1CCc2sccc2C1. The Bertz CT molecular complexity index is 466. The predicted octanol–water partition coefficient (Wildman–Crippen LogP) is 2.53. The lowest BCUT2D eigenvalue weighted by Crippen LogP contribution is -2.42. The van der Waals surface area contributed by atoms with Gasteiger partial charge in [0.2, 0.25) is 5.91 Å². The fraction of sp³-hybridized carbons (Fsp3) is 0.533. The van der Waals surface area contributed by atoms with Crippen molar-refractivity contribution in [2.24, 2.45) is 0 Å². The van der Waals surface area contributed by atoms with Gasteiger partial charge in [0.25, 0.3) is 0 Å². The number of amides is 1. The summed E-state index contributed by atoms with van der Waals surface area (Å²) in [5.41, 5.74) is 2.43. The molecule has 0 atom stereocenters. The van der Waals surface area contributed by atoms with E-state index in [2.05, 4.69) is 29.8 Å². The first-order valence-corrected chi connectivity index (χ1v) is 7.68. The van der Waals surface area contributed by atoms with Gasteiger partial charge >= 0.3 is 0 Å². The van der Waals surface area contributed by atoms with Crippen molar-refractivity contribution in [3.05, 3.63) is 34.0 Å². The van der Waals surface area contributed by atoms with Crippen molar-refractivity contribution in [1.82, 2.24) is 9.80 Å². The summed E-state index contributed by atoms with van der Waals surface area (Å²) in [6.45, 7) is 11.8. The van der Waals surface area contributed by atoms with Gasteiger partial charge in [0.15, 0.2) is 0 Å². The number of thiophene rings is 1. The van der Waals surface area contributed by atoms with E-state index in [-0.39, 0.29) is 5.91 Å². The monoisotopic (exact) mass is 278 g/mol. The van der Waals surface area contributed by atoms with E-state index in [4.69, 9.17) is 0 Å². The molecule has 0 fully saturated rings. The van der Waals surface area contributed by atoms with Crippen molar-refractivity contribution in [2.75, 3.05) is 26.2 Å². The Morgan fingerprint density at radius 3 is 3.00 bits per heavy atom.